The lowest BCUT2D eigenvalue weighted by Crippen LogP contribution is -2.16. The Balaban J connectivity index is 2.88. The van der Waals surface area contributed by atoms with Crippen LogP contribution < -0.4 is 5.73 Å². The standard InChI is InChI=1S/C14H19NO2/c1-8-9(2)11(4)14(17)12(10(8)3)6-5-7-13(15)16/h1,5-7H2,2-4H3,(H2,15,16). The number of carbonyl (C=O) groups excluding carboxylic acids is 2. The van der Waals surface area contributed by atoms with Crippen LogP contribution in [0.4, 0.5) is 0 Å². The first-order chi connectivity index (χ1) is 7.86. The molecular formula is C14H19NO2. The molecule has 1 rings (SSSR count). The highest BCUT2D eigenvalue weighted by Gasteiger charge is 2.23. The minimum atomic E-state index is -0.325. The maximum Gasteiger partial charge on any atom is 0.217 e. The second-order valence-corrected chi connectivity index (χ2v) is 4.48. The molecule has 0 atom stereocenters. The second-order valence-electron chi connectivity index (χ2n) is 4.48. The number of Topliss-reactive ketones (excluding diaryl/α,β-unsaturated/α-hetero) is 1. The number of primary amides is 1. The van der Waals surface area contributed by atoms with Crippen molar-refractivity contribution in [3.63, 3.8) is 0 Å². The van der Waals surface area contributed by atoms with Gasteiger partial charge in [-0.25, -0.2) is 0 Å². The van der Waals surface area contributed by atoms with Gasteiger partial charge in [0.2, 0.25) is 5.91 Å². The molecule has 3 heteroatoms. The van der Waals surface area contributed by atoms with Crippen molar-refractivity contribution < 1.29 is 9.59 Å². The van der Waals surface area contributed by atoms with Crippen LogP contribution in [-0.2, 0) is 9.59 Å². The molecule has 0 aromatic heterocycles. The first-order valence-corrected chi connectivity index (χ1v) is 5.76. The summed E-state index contributed by atoms with van der Waals surface area (Å²) in [6, 6.07) is 0. The fourth-order valence-electron chi connectivity index (χ4n) is 2.00. The highest BCUT2D eigenvalue weighted by atomic mass is 16.1. The minimum absolute atomic E-state index is 0.0804. The Morgan fingerprint density at radius 3 is 2.29 bits per heavy atom. The third kappa shape index (κ3) is 2.73. The number of ketones is 1. The summed E-state index contributed by atoms with van der Waals surface area (Å²) in [6.07, 6.45) is 1.53. The molecule has 92 valence electrons. The van der Waals surface area contributed by atoms with E-state index in [0.717, 1.165) is 27.9 Å². The van der Waals surface area contributed by atoms with Gasteiger partial charge in [-0.3, -0.25) is 9.59 Å². The Morgan fingerprint density at radius 1 is 1.18 bits per heavy atom. The topological polar surface area (TPSA) is 60.2 Å². The number of rotatable bonds is 4. The Morgan fingerprint density at radius 2 is 1.76 bits per heavy atom. The van der Waals surface area contributed by atoms with Gasteiger partial charge in [0.05, 0.1) is 0 Å². The van der Waals surface area contributed by atoms with E-state index in [1.807, 2.05) is 20.8 Å². The summed E-state index contributed by atoms with van der Waals surface area (Å²) in [6.45, 7) is 9.65. The van der Waals surface area contributed by atoms with Crippen molar-refractivity contribution >= 4 is 11.7 Å². The van der Waals surface area contributed by atoms with Gasteiger partial charge in [-0.1, -0.05) is 6.58 Å². The Hall–Kier alpha value is -1.64. The molecule has 3 nitrogen and oxygen atoms in total. The second kappa shape index (κ2) is 5.13. The average Bonchev–Trinajstić information content (AvgIpc) is 2.28. The molecule has 0 saturated carbocycles. The minimum Gasteiger partial charge on any atom is -0.370 e. The summed E-state index contributed by atoms with van der Waals surface area (Å²) in [4.78, 5) is 22.8. The Bertz CT molecular complexity index is 453. The summed E-state index contributed by atoms with van der Waals surface area (Å²) in [7, 11) is 0. The predicted molar refractivity (Wildman–Crippen MR) is 68.3 cm³/mol. The van der Waals surface area contributed by atoms with Crippen molar-refractivity contribution in [1.29, 1.82) is 0 Å². The van der Waals surface area contributed by atoms with Crippen molar-refractivity contribution in [1.82, 2.24) is 0 Å². The largest absolute Gasteiger partial charge is 0.370 e. The van der Waals surface area contributed by atoms with Gasteiger partial charge in [-0.15, -0.1) is 0 Å². The number of hydrogen-bond donors (Lipinski definition) is 1. The Labute approximate surface area is 102 Å². The van der Waals surface area contributed by atoms with E-state index in [1.165, 1.54) is 0 Å². The molecule has 0 fully saturated rings. The molecule has 1 amide bonds. The maximum atomic E-state index is 12.1. The molecule has 17 heavy (non-hydrogen) atoms. The molecule has 0 bridgehead atoms. The van der Waals surface area contributed by atoms with Crippen LogP contribution in [0.3, 0.4) is 0 Å². The van der Waals surface area contributed by atoms with E-state index in [0.29, 0.717) is 19.3 Å². The number of nitrogens with two attached hydrogens (primary N) is 1. The van der Waals surface area contributed by atoms with Gasteiger partial charge in [0.1, 0.15) is 0 Å². The van der Waals surface area contributed by atoms with Gasteiger partial charge in [0.15, 0.2) is 5.78 Å². The highest BCUT2D eigenvalue weighted by Crippen LogP contribution is 2.32. The third-order valence-electron chi connectivity index (χ3n) is 3.39. The van der Waals surface area contributed by atoms with E-state index < -0.39 is 0 Å². The summed E-state index contributed by atoms with van der Waals surface area (Å²) in [5.74, 6) is -0.245. The van der Waals surface area contributed by atoms with Crippen molar-refractivity contribution in [2.75, 3.05) is 0 Å². The molecule has 0 unspecified atom stereocenters. The summed E-state index contributed by atoms with van der Waals surface area (Å²) < 4.78 is 0. The molecule has 0 saturated heterocycles. The number of amides is 1. The smallest absolute Gasteiger partial charge is 0.217 e. The fourth-order valence-corrected chi connectivity index (χ4v) is 2.00. The quantitative estimate of drug-likeness (QED) is 0.810. The zero-order valence-electron chi connectivity index (χ0n) is 10.7. The number of allylic oxidation sites excluding steroid dienone is 5. The van der Waals surface area contributed by atoms with Crippen LogP contribution >= 0.6 is 0 Å². The molecule has 1 aliphatic carbocycles. The first kappa shape index (κ1) is 13.4. The molecule has 0 heterocycles. The van der Waals surface area contributed by atoms with Crippen LogP contribution in [-0.4, -0.2) is 11.7 Å². The predicted octanol–water partition coefficient (Wildman–Crippen LogP) is 2.43. The molecule has 0 aromatic carbocycles. The van der Waals surface area contributed by atoms with Crippen LogP contribution in [0.1, 0.15) is 40.0 Å². The molecule has 2 N–H and O–H groups in total. The monoisotopic (exact) mass is 233 g/mol. The van der Waals surface area contributed by atoms with Crippen molar-refractivity contribution in [2.24, 2.45) is 5.73 Å². The van der Waals surface area contributed by atoms with Crippen LogP contribution in [0.25, 0.3) is 0 Å². The van der Waals surface area contributed by atoms with E-state index >= 15 is 0 Å². The van der Waals surface area contributed by atoms with Gasteiger partial charge in [0, 0.05) is 17.6 Å². The van der Waals surface area contributed by atoms with E-state index in [9.17, 15) is 9.59 Å². The molecule has 0 aliphatic heterocycles. The summed E-state index contributed by atoms with van der Waals surface area (Å²) in [5, 5.41) is 0. The van der Waals surface area contributed by atoms with Gasteiger partial charge in [0.25, 0.3) is 0 Å². The van der Waals surface area contributed by atoms with Gasteiger partial charge < -0.3 is 5.73 Å². The lowest BCUT2D eigenvalue weighted by Gasteiger charge is -2.21. The Kier molecular flexibility index (Phi) is 4.05. The fraction of sp³-hybridized carbons (Fsp3) is 0.429. The van der Waals surface area contributed by atoms with Gasteiger partial charge in [-0.05, 0) is 50.3 Å². The van der Waals surface area contributed by atoms with Crippen molar-refractivity contribution in [2.45, 2.75) is 40.0 Å². The number of hydrogen-bond acceptors (Lipinski definition) is 2. The van der Waals surface area contributed by atoms with Crippen LogP contribution in [0.5, 0.6) is 0 Å². The normalized spacial score (nSPS) is 16.9. The summed E-state index contributed by atoms with van der Waals surface area (Å²) in [5.41, 5.74) is 9.46. The average molecular weight is 233 g/mol. The van der Waals surface area contributed by atoms with Crippen molar-refractivity contribution in [3.05, 3.63) is 34.4 Å². The zero-order chi connectivity index (χ0) is 13.2. The van der Waals surface area contributed by atoms with E-state index in [2.05, 4.69) is 6.58 Å². The zero-order valence-corrected chi connectivity index (χ0v) is 10.7. The number of carbonyl (C=O) groups is 2. The highest BCUT2D eigenvalue weighted by molar-refractivity contribution is 6.11. The molecule has 0 spiro atoms. The van der Waals surface area contributed by atoms with E-state index in [1.54, 1.807) is 0 Å². The summed E-state index contributed by atoms with van der Waals surface area (Å²) >= 11 is 0. The SMILES string of the molecule is C=C1C(C)=C(C)C(=O)C(CCCC(N)=O)=C1C. The van der Waals surface area contributed by atoms with E-state index in [4.69, 9.17) is 5.73 Å². The van der Waals surface area contributed by atoms with Crippen LogP contribution in [0.2, 0.25) is 0 Å². The maximum absolute atomic E-state index is 12.1. The van der Waals surface area contributed by atoms with Crippen LogP contribution in [0, 0.1) is 0 Å². The van der Waals surface area contributed by atoms with Gasteiger partial charge in [-0.2, -0.15) is 0 Å². The van der Waals surface area contributed by atoms with Gasteiger partial charge >= 0.3 is 0 Å². The van der Waals surface area contributed by atoms with E-state index in [-0.39, 0.29) is 11.7 Å². The third-order valence-corrected chi connectivity index (χ3v) is 3.39. The lowest BCUT2D eigenvalue weighted by molar-refractivity contribution is -0.118. The first-order valence-electron chi connectivity index (χ1n) is 5.76. The molecule has 0 aromatic rings. The lowest BCUT2D eigenvalue weighted by atomic mass is 9.82. The molecule has 1 aliphatic rings. The van der Waals surface area contributed by atoms with Crippen LogP contribution in [0.15, 0.2) is 34.4 Å². The molecular weight excluding hydrogens is 214 g/mol. The molecule has 0 radical (unpaired) electrons. The van der Waals surface area contributed by atoms with Crippen molar-refractivity contribution in [3.8, 4) is 0 Å².